The van der Waals surface area contributed by atoms with Crippen LogP contribution < -0.4 is 0 Å². The van der Waals surface area contributed by atoms with Crippen LogP contribution in [0.4, 0.5) is 0 Å². The summed E-state index contributed by atoms with van der Waals surface area (Å²) in [7, 11) is 8.15. The molecule has 100 valence electrons. The molecule has 0 aliphatic carbocycles. The molecule has 1 fully saturated rings. The van der Waals surface area contributed by atoms with Crippen molar-refractivity contribution in [3.8, 4) is 0 Å². The van der Waals surface area contributed by atoms with Crippen LogP contribution in [0.5, 0.6) is 0 Å². The van der Waals surface area contributed by atoms with Gasteiger partial charge in [0, 0.05) is 41.3 Å². The Labute approximate surface area is 106 Å². The molecule has 0 N–H and O–H groups in total. The lowest BCUT2D eigenvalue weighted by Crippen LogP contribution is -2.35. The van der Waals surface area contributed by atoms with Crippen molar-refractivity contribution in [1.82, 2.24) is 9.80 Å². The lowest BCUT2D eigenvalue weighted by atomic mass is 9.93. The average Bonchev–Trinajstić information content (AvgIpc) is 2.23. The fourth-order valence-corrected chi connectivity index (χ4v) is 2.38. The summed E-state index contributed by atoms with van der Waals surface area (Å²) in [5, 5.41) is 0. The fraction of sp³-hybridized carbons (Fsp3) is 0.923. The molecule has 2 unspecified atom stereocenters. The van der Waals surface area contributed by atoms with Gasteiger partial charge in [0.15, 0.2) is 5.96 Å². The van der Waals surface area contributed by atoms with Crippen LogP contribution in [-0.4, -0.2) is 63.2 Å². The molecule has 1 heterocycles. The molecule has 1 rings (SSSR count). The van der Waals surface area contributed by atoms with Crippen molar-refractivity contribution in [2.24, 2.45) is 10.9 Å². The summed E-state index contributed by atoms with van der Waals surface area (Å²) >= 11 is 0. The predicted octanol–water partition coefficient (Wildman–Crippen LogP) is 1.67. The second-order valence-electron chi connectivity index (χ2n) is 5.33. The molecule has 0 aromatic heterocycles. The van der Waals surface area contributed by atoms with Gasteiger partial charge in [-0.3, -0.25) is 4.99 Å². The van der Waals surface area contributed by atoms with Crippen molar-refractivity contribution in [3.63, 3.8) is 0 Å². The van der Waals surface area contributed by atoms with Gasteiger partial charge in [-0.1, -0.05) is 0 Å². The summed E-state index contributed by atoms with van der Waals surface area (Å²) < 4.78 is 5.56. The second kappa shape index (κ2) is 6.84. The van der Waals surface area contributed by atoms with Crippen molar-refractivity contribution in [2.45, 2.75) is 32.3 Å². The summed E-state index contributed by atoms with van der Waals surface area (Å²) in [5.41, 5.74) is 0. The molecule has 0 bridgehead atoms. The molecular formula is C13H27N3O. The van der Waals surface area contributed by atoms with E-state index in [1.54, 1.807) is 0 Å². The molecule has 0 aromatic carbocycles. The normalized spacial score (nSPS) is 24.3. The van der Waals surface area contributed by atoms with Crippen molar-refractivity contribution in [3.05, 3.63) is 0 Å². The molecule has 0 saturated carbocycles. The van der Waals surface area contributed by atoms with Crippen LogP contribution in [0.1, 0.15) is 26.2 Å². The summed E-state index contributed by atoms with van der Waals surface area (Å²) in [5.74, 6) is 1.83. The molecule has 0 spiro atoms. The van der Waals surface area contributed by atoms with Crippen molar-refractivity contribution in [1.29, 1.82) is 0 Å². The van der Waals surface area contributed by atoms with Gasteiger partial charge in [-0.25, -0.2) is 0 Å². The summed E-state index contributed by atoms with van der Waals surface area (Å²) in [4.78, 5) is 8.79. The molecular weight excluding hydrogens is 214 g/mol. The topological polar surface area (TPSA) is 28.1 Å². The Morgan fingerprint density at radius 3 is 2.41 bits per heavy atom. The highest BCUT2D eigenvalue weighted by atomic mass is 16.5. The first-order valence-corrected chi connectivity index (χ1v) is 6.51. The first-order chi connectivity index (χ1) is 8.00. The number of hydrogen-bond donors (Lipinski definition) is 0. The van der Waals surface area contributed by atoms with E-state index < -0.39 is 0 Å². The van der Waals surface area contributed by atoms with E-state index in [0.29, 0.717) is 6.10 Å². The molecule has 1 saturated heterocycles. The highest BCUT2D eigenvalue weighted by Crippen LogP contribution is 2.22. The van der Waals surface area contributed by atoms with Crippen LogP contribution >= 0.6 is 0 Å². The van der Waals surface area contributed by atoms with Crippen molar-refractivity contribution < 1.29 is 4.74 Å². The summed E-state index contributed by atoms with van der Waals surface area (Å²) in [6.45, 7) is 4.01. The third-order valence-electron chi connectivity index (χ3n) is 3.18. The van der Waals surface area contributed by atoms with E-state index in [4.69, 9.17) is 4.74 Å². The van der Waals surface area contributed by atoms with Crippen LogP contribution in [0.3, 0.4) is 0 Å². The quantitative estimate of drug-likeness (QED) is 0.556. The van der Waals surface area contributed by atoms with E-state index in [0.717, 1.165) is 25.0 Å². The zero-order valence-electron chi connectivity index (χ0n) is 11.9. The molecule has 17 heavy (non-hydrogen) atoms. The minimum absolute atomic E-state index is 0.430. The van der Waals surface area contributed by atoms with Gasteiger partial charge in [-0.2, -0.15) is 0 Å². The van der Waals surface area contributed by atoms with E-state index in [9.17, 15) is 0 Å². The number of aliphatic imine (C=N–C) groups is 1. The number of rotatable bonds is 3. The Morgan fingerprint density at radius 2 is 1.88 bits per heavy atom. The Morgan fingerprint density at radius 1 is 1.24 bits per heavy atom. The molecule has 0 amide bonds. The number of ether oxygens (including phenoxy) is 1. The van der Waals surface area contributed by atoms with Crippen LogP contribution in [0.15, 0.2) is 4.99 Å². The van der Waals surface area contributed by atoms with Crippen molar-refractivity contribution >= 4 is 5.96 Å². The second-order valence-corrected chi connectivity index (χ2v) is 5.33. The van der Waals surface area contributed by atoms with Gasteiger partial charge in [0.25, 0.3) is 0 Å². The summed E-state index contributed by atoms with van der Waals surface area (Å²) in [6.07, 6.45) is 3.99. The maximum atomic E-state index is 5.56. The molecule has 0 radical (unpaired) electrons. The van der Waals surface area contributed by atoms with Crippen LogP contribution in [-0.2, 0) is 4.74 Å². The molecule has 4 nitrogen and oxygen atoms in total. The van der Waals surface area contributed by atoms with E-state index in [2.05, 4.69) is 21.7 Å². The van der Waals surface area contributed by atoms with E-state index >= 15 is 0 Å². The fourth-order valence-electron chi connectivity index (χ4n) is 2.38. The highest BCUT2D eigenvalue weighted by Gasteiger charge is 2.18. The predicted molar refractivity (Wildman–Crippen MR) is 72.4 cm³/mol. The van der Waals surface area contributed by atoms with Gasteiger partial charge in [0.05, 0.1) is 6.10 Å². The van der Waals surface area contributed by atoms with E-state index in [1.807, 2.05) is 28.2 Å². The molecule has 1 aliphatic rings. The standard InChI is InChI=1S/C13H27N3O/c1-11-10-12(7-9-17-11)6-8-14-13(15(2)3)16(4)5/h11-12H,6-10H2,1-5H3. The molecule has 1 aliphatic heterocycles. The zero-order chi connectivity index (χ0) is 12.8. The van der Waals surface area contributed by atoms with Gasteiger partial charge in [-0.05, 0) is 32.1 Å². The SMILES string of the molecule is CC1CC(CCN=C(N(C)C)N(C)C)CCO1. The van der Waals surface area contributed by atoms with E-state index in [1.165, 1.54) is 19.3 Å². The first kappa shape index (κ1) is 14.3. The largest absolute Gasteiger partial charge is 0.378 e. The Hall–Kier alpha value is -0.770. The van der Waals surface area contributed by atoms with Crippen LogP contribution in [0, 0.1) is 5.92 Å². The Balaban J connectivity index is 2.36. The number of nitrogens with zero attached hydrogens (tertiary/aromatic N) is 3. The Bertz CT molecular complexity index is 241. The molecule has 2 atom stereocenters. The van der Waals surface area contributed by atoms with Crippen LogP contribution in [0.25, 0.3) is 0 Å². The first-order valence-electron chi connectivity index (χ1n) is 6.51. The summed E-state index contributed by atoms with van der Waals surface area (Å²) in [6, 6.07) is 0. The zero-order valence-corrected chi connectivity index (χ0v) is 11.9. The third kappa shape index (κ3) is 4.94. The van der Waals surface area contributed by atoms with Gasteiger partial charge >= 0.3 is 0 Å². The smallest absolute Gasteiger partial charge is 0.195 e. The molecule has 4 heteroatoms. The lowest BCUT2D eigenvalue weighted by Gasteiger charge is -2.27. The number of guanidine groups is 1. The third-order valence-corrected chi connectivity index (χ3v) is 3.18. The van der Waals surface area contributed by atoms with Gasteiger partial charge in [-0.15, -0.1) is 0 Å². The minimum atomic E-state index is 0.430. The maximum absolute atomic E-state index is 5.56. The lowest BCUT2D eigenvalue weighted by molar-refractivity contribution is 0.00146. The van der Waals surface area contributed by atoms with Gasteiger partial charge < -0.3 is 14.5 Å². The van der Waals surface area contributed by atoms with E-state index in [-0.39, 0.29) is 0 Å². The van der Waals surface area contributed by atoms with Gasteiger partial charge in [0.1, 0.15) is 0 Å². The minimum Gasteiger partial charge on any atom is -0.378 e. The molecule has 0 aromatic rings. The number of hydrogen-bond acceptors (Lipinski definition) is 2. The van der Waals surface area contributed by atoms with Crippen molar-refractivity contribution in [2.75, 3.05) is 41.3 Å². The van der Waals surface area contributed by atoms with Crippen LogP contribution in [0.2, 0.25) is 0 Å². The van der Waals surface area contributed by atoms with Gasteiger partial charge in [0.2, 0.25) is 0 Å². The maximum Gasteiger partial charge on any atom is 0.195 e. The monoisotopic (exact) mass is 241 g/mol. The average molecular weight is 241 g/mol. The Kier molecular flexibility index (Phi) is 5.75. The highest BCUT2D eigenvalue weighted by molar-refractivity contribution is 5.79.